The second-order valence-corrected chi connectivity index (χ2v) is 8.24. The van der Waals surface area contributed by atoms with Crippen LogP contribution in [0.15, 0.2) is 58.0 Å². The number of benzene rings is 1. The van der Waals surface area contributed by atoms with E-state index in [2.05, 4.69) is 36.3 Å². The smallest absolute Gasteiger partial charge is 0.260 e. The van der Waals surface area contributed by atoms with Crippen molar-refractivity contribution >= 4 is 32.9 Å². The number of quaternary nitrogens is 1. The summed E-state index contributed by atoms with van der Waals surface area (Å²) in [5.74, 6) is 0.727. The van der Waals surface area contributed by atoms with Crippen molar-refractivity contribution < 1.29 is 5.32 Å². The van der Waals surface area contributed by atoms with Crippen LogP contribution in [0.5, 0.6) is 0 Å². The van der Waals surface area contributed by atoms with Gasteiger partial charge in [0.1, 0.15) is 16.9 Å². The average Bonchev–Trinajstić information content (AvgIpc) is 3.31. The SMILES string of the molecule is C[C@H]([NH2+][C@@H](C)c1nc2scc(-c3cccs3)c2c(=O)[nH]1)c1ccccc1. The fourth-order valence-corrected chi connectivity index (χ4v) is 4.96. The van der Waals surface area contributed by atoms with Gasteiger partial charge in [0, 0.05) is 21.4 Å². The molecule has 1 aromatic carbocycles. The van der Waals surface area contributed by atoms with Crippen molar-refractivity contribution in [1.29, 1.82) is 0 Å². The summed E-state index contributed by atoms with van der Waals surface area (Å²) in [6, 6.07) is 14.8. The summed E-state index contributed by atoms with van der Waals surface area (Å²) in [6.07, 6.45) is 0. The Morgan fingerprint density at radius 3 is 2.58 bits per heavy atom. The molecule has 0 spiro atoms. The lowest BCUT2D eigenvalue weighted by atomic mass is 10.1. The Balaban J connectivity index is 1.64. The fourth-order valence-electron chi connectivity index (χ4n) is 3.19. The lowest BCUT2D eigenvalue weighted by Crippen LogP contribution is -2.85. The van der Waals surface area contributed by atoms with Crippen molar-refractivity contribution in [3.63, 3.8) is 0 Å². The number of aromatic amines is 1. The van der Waals surface area contributed by atoms with Gasteiger partial charge in [-0.25, -0.2) is 4.98 Å². The molecule has 3 aromatic heterocycles. The van der Waals surface area contributed by atoms with Crippen molar-refractivity contribution in [2.75, 3.05) is 0 Å². The zero-order chi connectivity index (χ0) is 18.1. The molecule has 4 rings (SSSR count). The average molecular weight is 383 g/mol. The molecule has 4 aromatic rings. The zero-order valence-electron chi connectivity index (χ0n) is 14.6. The van der Waals surface area contributed by atoms with Crippen molar-refractivity contribution in [1.82, 2.24) is 9.97 Å². The summed E-state index contributed by atoms with van der Waals surface area (Å²) >= 11 is 3.18. The van der Waals surface area contributed by atoms with Crippen molar-refractivity contribution in [3.05, 3.63) is 75.0 Å². The minimum atomic E-state index is -0.0535. The van der Waals surface area contributed by atoms with Gasteiger partial charge in [-0.3, -0.25) is 4.79 Å². The van der Waals surface area contributed by atoms with Crippen LogP contribution in [0.25, 0.3) is 20.7 Å². The van der Waals surface area contributed by atoms with E-state index in [1.807, 2.05) is 41.1 Å². The van der Waals surface area contributed by atoms with Gasteiger partial charge in [-0.1, -0.05) is 36.4 Å². The Morgan fingerprint density at radius 1 is 1.04 bits per heavy atom. The van der Waals surface area contributed by atoms with Crippen LogP contribution in [0, 0.1) is 0 Å². The summed E-state index contributed by atoms with van der Waals surface area (Å²) < 4.78 is 0. The third kappa shape index (κ3) is 3.23. The Labute approximate surface area is 159 Å². The molecular weight excluding hydrogens is 362 g/mol. The van der Waals surface area contributed by atoms with Crippen LogP contribution in [0.2, 0.25) is 0 Å². The van der Waals surface area contributed by atoms with Gasteiger partial charge in [0.15, 0.2) is 5.82 Å². The maximum atomic E-state index is 12.7. The number of H-pyrrole nitrogens is 1. The number of fused-ring (bicyclic) bond motifs is 1. The van der Waals surface area contributed by atoms with E-state index in [0.717, 1.165) is 21.1 Å². The summed E-state index contributed by atoms with van der Waals surface area (Å²) in [6.45, 7) is 4.25. The molecule has 0 bridgehead atoms. The predicted octanol–water partition coefficient (Wildman–Crippen LogP) is 4.10. The highest BCUT2D eigenvalue weighted by Crippen LogP contribution is 2.33. The van der Waals surface area contributed by atoms with Gasteiger partial charge in [-0.2, -0.15) is 0 Å². The highest BCUT2D eigenvalue weighted by Gasteiger charge is 2.20. The number of nitrogens with one attached hydrogen (secondary N) is 1. The number of hydrogen-bond acceptors (Lipinski definition) is 4. The molecule has 0 fully saturated rings. The first-order chi connectivity index (χ1) is 12.6. The first-order valence-corrected chi connectivity index (χ1v) is 10.3. The highest BCUT2D eigenvalue weighted by molar-refractivity contribution is 7.18. The molecule has 0 aliphatic heterocycles. The van der Waals surface area contributed by atoms with E-state index in [9.17, 15) is 4.79 Å². The first-order valence-electron chi connectivity index (χ1n) is 8.58. The molecule has 0 saturated carbocycles. The number of rotatable bonds is 5. The monoisotopic (exact) mass is 382 g/mol. The molecule has 2 atom stereocenters. The topological polar surface area (TPSA) is 62.4 Å². The van der Waals surface area contributed by atoms with Crippen LogP contribution in [0.4, 0.5) is 0 Å². The molecule has 132 valence electrons. The summed E-state index contributed by atoms with van der Waals surface area (Å²) in [5, 5.41) is 6.98. The van der Waals surface area contributed by atoms with Crippen LogP contribution in [-0.4, -0.2) is 9.97 Å². The van der Waals surface area contributed by atoms with E-state index in [0.29, 0.717) is 5.39 Å². The van der Waals surface area contributed by atoms with E-state index in [4.69, 9.17) is 4.98 Å². The van der Waals surface area contributed by atoms with Crippen LogP contribution >= 0.6 is 22.7 Å². The van der Waals surface area contributed by atoms with Crippen molar-refractivity contribution in [2.24, 2.45) is 0 Å². The summed E-state index contributed by atoms with van der Waals surface area (Å²) in [5.41, 5.74) is 2.19. The van der Waals surface area contributed by atoms with Crippen LogP contribution < -0.4 is 10.9 Å². The maximum Gasteiger partial charge on any atom is 0.260 e. The largest absolute Gasteiger partial charge is 0.332 e. The Kier molecular flexibility index (Phi) is 4.72. The molecule has 26 heavy (non-hydrogen) atoms. The van der Waals surface area contributed by atoms with E-state index in [-0.39, 0.29) is 17.6 Å². The Morgan fingerprint density at radius 2 is 1.85 bits per heavy atom. The van der Waals surface area contributed by atoms with Gasteiger partial charge in [-0.05, 0) is 25.3 Å². The number of hydrogen-bond donors (Lipinski definition) is 2. The second kappa shape index (κ2) is 7.15. The van der Waals surface area contributed by atoms with Gasteiger partial charge < -0.3 is 10.3 Å². The predicted molar refractivity (Wildman–Crippen MR) is 109 cm³/mol. The van der Waals surface area contributed by atoms with E-state index in [1.54, 1.807) is 11.3 Å². The summed E-state index contributed by atoms with van der Waals surface area (Å²) in [4.78, 5) is 22.4. The van der Waals surface area contributed by atoms with Gasteiger partial charge in [-0.15, -0.1) is 22.7 Å². The number of nitrogens with two attached hydrogens (primary N) is 1. The van der Waals surface area contributed by atoms with Crippen LogP contribution in [-0.2, 0) is 0 Å². The van der Waals surface area contributed by atoms with Gasteiger partial charge in [0.25, 0.3) is 5.56 Å². The van der Waals surface area contributed by atoms with Gasteiger partial charge in [0.2, 0.25) is 0 Å². The molecule has 0 saturated heterocycles. The highest BCUT2D eigenvalue weighted by atomic mass is 32.1. The summed E-state index contributed by atoms with van der Waals surface area (Å²) in [7, 11) is 0. The van der Waals surface area contributed by atoms with Crippen LogP contribution in [0.3, 0.4) is 0 Å². The molecule has 3 N–H and O–H groups in total. The van der Waals surface area contributed by atoms with Crippen molar-refractivity contribution in [2.45, 2.75) is 25.9 Å². The zero-order valence-corrected chi connectivity index (χ0v) is 16.2. The van der Waals surface area contributed by atoms with Gasteiger partial charge >= 0.3 is 0 Å². The van der Waals surface area contributed by atoms with E-state index < -0.39 is 0 Å². The molecule has 6 heteroatoms. The number of nitrogens with zero attached hydrogens (tertiary/aromatic N) is 1. The minimum Gasteiger partial charge on any atom is -0.332 e. The molecule has 0 amide bonds. The normalized spacial score (nSPS) is 13.8. The van der Waals surface area contributed by atoms with E-state index in [1.165, 1.54) is 16.9 Å². The molecule has 0 unspecified atom stereocenters. The van der Waals surface area contributed by atoms with E-state index >= 15 is 0 Å². The second-order valence-electron chi connectivity index (χ2n) is 6.44. The molecule has 0 radical (unpaired) electrons. The molecular formula is C20H20N3OS2+. The fraction of sp³-hybridized carbons (Fsp3) is 0.200. The first kappa shape index (κ1) is 17.1. The third-order valence-corrected chi connectivity index (χ3v) is 6.36. The number of aromatic nitrogens is 2. The van der Waals surface area contributed by atoms with Crippen LogP contribution in [0.1, 0.15) is 37.3 Å². The number of thiophene rings is 2. The maximum absolute atomic E-state index is 12.7. The van der Waals surface area contributed by atoms with Crippen molar-refractivity contribution in [3.8, 4) is 10.4 Å². The lowest BCUT2D eigenvalue weighted by molar-refractivity contribution is -0.729. The molecule has 3 heterocycles. The molecule has 0 aliphatic rings. The molecule has 0 aliphatic carbocycles. The Bertz CT molecular complexity index is 1070. The van der Waals surface area contributed by atoms with Gasteiger partial charge in [0.05, 0.1) is 5.39 Å². The third-order valence-electron chi connectivity index (χ3n) is 4.58. The minimum absolute atomic E-state index is 0.0535. The molecule has 4 nitrogen and oxygen atoms in total. The Hall–Kier alpha value is -2.28. The standard InChI is InChI=1S/C20H19N3OS2/c1-12(14-7-4-3-5-8-14)21-13(2)18-22-19(24)17-15(11-26-20(17)23-18)16-9-6-10-25-16/h3-13,21H,1-2H3,(H,22,23,24)/p+1/t12-,13-/m0/s1. The lowest BCUT2D eigenvalue weighted by Gasteiger charge is -2.16. The quantitative estimate of drug-likeness (QED) is 0.546.